The van der Waals surface area contributed by atoms with E-state index in [0.717, 1.165) is 21.0 Å². The fourth-order valence-corrected chi connectivity index (χ4v) is 3.01. The summed E-state index contributed by atoms with van der Waals surface area (Å²) in [6, 6.07) is 13.7. The average Bonchev–Trinajstić information content (AvgIpc) is 3.24. The molecule has 4 aromatic rings. The van der Waals surface area contributed by atoms with Gasteiger partial charge in [-0.2, -0.15) is 18.3 Å². The van der Waals surface area contributed by atoms with Crippen LogP contribution in [0, 0.1) is 0 Å². The molecule has 0 aliphatic heterocycles. The normalized spacial score (nSPS) is 12.2. The highest BCUT2D eigenvalue weighted by molar-refractivity contribution is 5.99. The van der Waals surface area contributed by atoms with Crippen LogP contribution in [0.1, 0.15) is 11.4 Å². The molecule has 0 fully saturated rings. The molecule has 9 heteroatoms. The van der Waals surface area contributed by atoms with Gasteiger partial charge in [0.2, 0.25) is 5.82 Å². The van der Waals surface area contributed by atoms with E-state index in [9.17, 15) is 18.0 Å². The van der Waals surface area contributed by atoms with Gasteiger partial charge in [0.1, 0.15) is 6.54 Å². The molecular weight excluding hydrogens is 371 g/mol. The van der Waals surface area contributed by atoms with Gasteiger partial charge >= 0.3 is 6.18 Å². The van der Waals surface area contributed by atoms with Gasteiger partial charge in [0.25, 0.3) is 5.91 Å². The summed E-state index contributed by atoms with van der Waals surface area (Å²) in [7, 11) is 0. The van der Waals surface area contributed by atoms with Gasteiger partial charge < -0.3 is 9.55 Å². The second-order valence-electron chi connectivity index (χ2n) is 6.09. The number of rotatable bonds is 4. The standard InChI is InChI=1S/C19H14F3N5O/c20-19(21,22)18-25-15-7-3-4-8-16(15)27(18)11-17(28)26-24-10-12-9-23-14-6-2-1-5-13(12)14/h1-10,23H,11H2,(H,26,28)/b24-10+. The van der Waals surface area contributed by atoms with E-state index >= 15 is 0 Å². The molecule has 0 radical (unpaired) electrons. The van der Waals surface area contributed by atoms with Crippen molar-refractivity contribution >= 4 is 34.1 Å². The molecular formula is C19H14F3N5O. The topological polar surface area (TPSA) is 75.1 Å². The maximum Gasteiger partial charge on any atom is 0.449 e. The lowest BCUT2D eigenvalue weighted by Gasteiger charge is -2.10. The Bertz CT molecular complexity index is 1190. The lowest BCUT2D eigenvalue weighted by atomic mass is 10.2. The second kappa shape index (κ2) is 6.84. The highest BCUT2D eigenvalue weighted by Crippen LogP contribution is 2.31. The molecule has 0 bridgehead atoms. The second-order valence-corrected chi connectivity index (χ2v) is 6.09. The third-order valence-electron chi connectivity index (χ3n) is 4.22. The van der Waals surface area contributed by atoms with E-state index in [1.54, 1.807) is 18.3 Å². The summed E-state index contributed by atoms with van der Waals surface area (Å²) in [6.45, 7) is -0.555. The minimum Gasteiger partial charge on any atom is -0.361 e. The minimum atomic E-state index is -4.67. The Morgan fingerprint density at radius 3 is 2.75 bits per heavy atom. The van der Waals surface area contributed by atoms with Crippen molar-refractivity contribution in [3.05, 3.63) is 66.1 Å². The number of alkyl halides is 3. The van der Waals surface area contributed by atoms with Crippen molar-refractivity contribution in [2.45, 2.75) is 12.7 Å². The molecule has 2 heterocycles. The maximum absolute atomic E-state index is 13.3. The highest BCUT2D eigenvalue weighted by Gasteiger charge is 2.37. The molecule has 2 aromatic carbocycles. The van der Waals surface area contributed by atoms with E-state index in [-0.39, 0.29) is 11.0 Å². The smallest absolute Gasteiger partial charge is 0.361 e. The largest absolute Gasteiger partial charge is 0.449 e. The summed E-state index contributed by atoms with van der Waals surface area (Å²) in [5, 5.41) is 4.77. The van der Waals surface area contributed by atoms with Crippen LogP contribution in [0.3, 0.4) is 0 Å². The van der Waals surface area contributed by atoms with Crippen molar-refractivity contribution in [3.63, 3.8) is 0 Å². The summed E-state index contributed by atoms with van der Waals surface area (Å²) >= 11 is 0. The van der Waals surface area contributed by atoms with Crippen LogP contribution < -0.4 is 5.43 Å². The van der Waals surface area contributed by atoms with E-state index in [1.165, 1.54) is 18.3 Å². The van der Waals surface area contributed by atoms with Crippen LogP contribution in [0.25, 0.3) is 21.9 Å². The average molecular weight is 385 g/mol. The summed E-state index contributed by atoms with van der Waals surface area (Å²) in [6.07, 6.45) is -1.51. The predicted octanol–water partition coefficient (Wildman–Crippen LogP) is 3.69. The number of hydrogen-bond acceptors (Lipinski definition) is 3. The van der Waals surface area contributed by atoms with Crippen molar-refractivity contribution < 1.29 is 18.0 Å². The fourth-order valence-electron chi connectivity index (χ4n) is 3.01. The summed E-state index contributed by atoms with van der Waals surface area (Å²) in [5.74, 6) is -1.81. The molecule has 0 aliphatic carbocycles. The van der Waals surface area contributed by atoms with Crippen molar-refractivity contribution in [1.82, 2.24) is 20.0 Å². The first-order chi connectivity index (χ1) is 13.4. The number of hydrazone groups is 1. The Labute approximate surface area is 156 Å². The maximum atomic E-state index is 13.3. The molecule has 0 atom stereocenters. The molecule has 0 spiro atoms. The predicted molar refractivity (Wildman–Crippen MR) is 98.8 cm³/mol. The summed E-state index contributed by atoms with van der Waals surface area (Å²) < 4.78 is 40.7. The third-order valence-corrected chi connectivity index (χ3v) is 4.22. The van der Waals surface area contributed by atoms with Crippen molar-refractivity contribution in [1.29, 1.82) is 0 Å². The van der Waals surface area contributed by atoms with Crippen LogP contribution >= 0.6 is 0 Å². The first-order valence-electron chi connectivity index (χ1n) is 8.34. The van der Waals surface area contributed by atoms with Gasteiger partial charge in [0.15, 0.2) is 0 Å². The van der Waals surface area contributed by atoms with E-state index in [1.807, 2.05) is 24.3 Å². The van der Waals surface area contributed by atoms with Gasteiger partial charge in [-0.05, 0) is 18.2 Å². The third kappa shape index (κ3) is 3.34. The zero-order chi connectivity index (χ0) is 19.7. The lowest BCUT2D eigenvalue weighted by Crippen LogP contribution is -2.26. The summed E-state index contributed by atoms with van der Waals surface area (Å²) in [5.41, 5.74) is 4.33. The fraction of sp³-hybridized carbons (Fsp3) is 0.105. The van der Waals surface area contributed by atoms with Crippen LogP contribution in [-0.4, -0.2) is 26.7 Å². The molecule has 2 aromatic heterocycles. The number of nitrogens with one attached hydrogen (secondary N) is 2. The molecule has 0 saturated heterocycles. The number of para-hydroxylation sites is 3. The lowest BCUT2D eigenvalue weighted by molar-refractivity contribution is -0.147. The number of H-pyrrole nitrogens is 1. The molecule has 0 aliphatic rings. The van der Waals surface area contributed by atoms with Crippen LogP contribution in [0.2, 0.25) is 0 Å². The zero-order valence-corrected chi connectivity index (χ0v) is 14.4. The van der Waals surface area contributed by atoms with Crippen molar-refractivity contribution in [2.24, 2.45) is 5.10 Å². The first kappa shape index (κ1) is 17.8. The number of nitrogens with zero attached hydrogens (tertiary/aromatic N) is 3. The first-order valence-corrected chi connectivity index (χ1v) is 8.34. The Morgan fingerprint density at radius 1 is 1.18 bits per heavy atom. The highest BCUT2D eigenvalue weighted by atomic mass is 19.4. The van der Waals surface area contributed by atoms with Crippen molar-refractivity contribution in [3.8, 4) is 0 Å². The number of aromatic amines is 1. The minimum absolute atomic E-state index is 0.171. The molecule has 0 saturated carbocycles. The van der Waals surface area contributed by atoms with Gasteiger partial charge in [0, 0.05) is 22.7 Å². The number of carbonyl (C=O) groups excluding carboxylic acids is 1. The quantitative estimate of drug-likeness (QED) is 0.415. The van der Waals surface area contributed by atoms with Crippen LogP contribution in [0.4, 0.5) is 13.2 Å². The molecule has 142 valence electrons. The molecule has 1 amide bonds. The van der Waals surface area contributed by atoms with Gasteiger partial charge in [-0.25, -0.2) is 10.4 Å². The number of imidazole rings is 1. The number of aromatic nitrogens is 3. The molecule has 4 rings (SSSR count). The number of amides is 1. The summed E-state index contributed by atoms with van der Waals surface area (Å²) in [4.78, 5) is 18.8. The molecule has 0 unspecified atom stereocenters. The number of hydrogen-bond donors (Lipinski definition) is 2. The number of carbonyl (C=O) groups is 1. The number of fused-ring (bicyclic) bond motifs is 2. The molecule has 6 nitrogen and oxygen atoms in total. The van der Waals surface area contributed by atoms with Crippen LogP contribution in [0.5, 0.6) is 0 Å². The SMILES string of the molecule is O=C(Cn1c(C(F)(F)F)nc2ccccc21)N/N=C/c1c[nH]c2ccccc12. The van der Waals surface area contributed by atoms with Crippen LogP contribution in [0.15, 0.2) is 59.8 Å². The van der Waals surface area contributed by atoms with E-state index in [4.69, 9.17) is 0 Å². The molecule has 28 heavy (non-hydrogen) atoms. The van der Waals surface area contributed by atoms with Crippen LogP contribution in [-0.2, 0) is 17.5 Å². The monoisotopic (exact) mass is 385 g/mol. The Kier molecular flexibility index (Phi) is 4.34. The van der Waals surface area contributed by atoms with Gasteiger partial charge in [-0.1, -0.05) is 30.3 Å². The Morgan fingerprint density at radius 2 is 1.93 bits per heavy atom. The Balaban J connectivity index is 1.54. The number of halogens is 3. The number of benzene rings is 2. The van der Waals surface area contributed by atoms with Crippen molar-refractivity contribution in [2.75, 3.05) is 0 Å². The van der Waals surface area contributed by atoms with Gasteiger partial charge in [0.05, 0.1) is 17.2 Å². The van der Waals surface area contributed by atoms with E-state index in [0.29, 0.717) is 0 Å². The zero-order valence-electron chi connectivity index (χ0n) is 14.4. The van der Waals surface area contributed by atoms with E-state index < -0.39 is 24.5 Å². The van der Waals surface area contributed by atoms with E-state index in [2.05, 4.69) is 20.5 Å². The van der Waals surface area contributed by atoms with Gasteiger partial charge in [-0.3, -0.25) is 4.79 Å². The van der Waals surface area contributed by atoms with Gasteiger partial charge in [-0.15, -0.1) is 0 Å². The molecule has 2 N–H and O–H groups in total. The Hall–Kier alpha value is -3.62.